The highest BCUT2D eigenvalue weighted by Crippen LogP contribution is 2.53. The van der Waals surface area contributed by atoms with Gasteiger partial charge in [0.1, 0.15) is 24.2 Å². The Morgan fingerprint density at radius 1 is 0.878 bits per heavy atom. The van der Waals surface area contributed by atoms with E-state index in [-0.39, 0.29) is 43.0 Å². The first-order valence-corrected chi connectivity index (χ1v) is 31.6. The number of nitrogens with zero attached hydrogens (tertiary/aromatic N) is 1. The van der Waals surface area contributed by atoms with Crippen LogP contribution in [-0.2, 0) is 32.3 Å². The van der Waals surface area contributed by atoms with Gasteiger partial charge in [-0.25, -0.2) is 4.99 Å². The molecule has 3 aromatic rings. The first-order valence-electron chi connectivity index (χ1n) is 29.2. The summed E-state index contributed by atoms with van der Waals surface area (Å²) in [5.74, 6) is 10.0. The van der Waals surface area contributed by atoms with Crippen LogP contribution in [0.3, 0.4) is 0 Å². The van der Waals surface area contributed by atoms with E-state index in [0.29, 0.717) is 84.5 Å². The number of aromatic amines is 1. The molecule has 0 unspecified atom stereocenters. The fourth-order valence-corrected chi connectivity index (χ4v) is 17.8. The summed E-state index contributed by atoms with van der Waals surface area (Å²) < 4.78 is 12.7. The van der Waals surface area contributed by atoms with Crippen LogP contribution in [0.2, 0.25) is 0 Å². The van der Waals surface area contributed by atoms with Crippen LogP contribution < -0.4 is 32.2 Å². The molecule has 0 radical (unpaired) electrons. The molecule has 74 heavy (non-hydrogen) atoms. The van der Waals surface area contributed by atoms with E-state index in [4.69, 9.17) is 25.6 Å². The maximum Gasteiger partial charge on any atom is 0.189 e. The summed E-state index contributed by atoms with van der Waals surface area (Å²) in [6.45, 7) is 5.49. The first-order chi connectivity index (χ1) is 35.9. The van der Waals surface area contributed by atoms with Crippen molar-refractivity contribution in [3.05, 3.63) is 69.9 Å². The van der Waals surface area contributed by atoms with E-state index < -0.39 is 12.2 Å². The molecule has 5 aliphatic carbocycles. The minimum absolute atomic E-state index is 0.00705. The number of nitrogens with two attached hydrogens (primary N) is 2. The van der Waals surface area contributed by atoms with E-state index >= 15 is 0 Å². The summed E-state index contributed by atoms with van der Waals surface area (Å²) in [6.07, 6.45) is 21.1. The standard InChI is InChI=1S/C59H93N7O6S2/c1-35-12-19-44-40-24-37(14-20-46(44)48(49(60)27-40)33-73-74-34-53(35)66-59(61)64-42-9-5-4-6-10-42)16-23-56-41(31-67)26-43(72-56)18-13-38-15-22-54(69)57(25-38)71-32-55(70)51-28-47-50(65-51)21-17-39-8-7-11-45(39)58(47)52(30-62-3)63-29-36(2)68/h15,22,25-26,28,35-37,39-40,42,44-46,48-49,52-53,55,58,62-63,65,67-70H,4-14,16-21,23-24,27,29-34,60H2,1-3H3,(H3,61,64,66)/t35-,36-,37-,39+,40+,44-,45-,46+,48+,49+,52-,53+,55-,58-/m0/s1. The molecule has 1 saturated heterocycles. The molecular formula is C59H93N7O6S2. The number of aromatic nitrogens is 1. The Morgan fingerprint density at radius 2 is 1.70 bits per heavy atom. The number of fused-ring (bicyclic) bond motifs is 2. The Bertz CT molecular complexity index is 2250. The molecule has 15 heteroatoms. The molecule has 1 aromatic carbocycles. The monoisotopic (exact) mass is 1060 g/mol. The minimum atomic E-state index is -0.908. The van der Waals surface area contributed by atoms with Crippen LogP contribution in [0.15, 0.2) is 39.7 Å². The van der Waals surface area contributed by atoms with Gasteiger partial charge in [-0.2, -0.15) is 0 Å². The summed E-state index contributed by atoms with van der Waals surface area (Å²) in [5, 5.41) is 53.8. The van der Waals surface area contributed by atoms with E-state index in [1.807, 2.05) is 53.8 Å². The maximum atomic E-state index is 11.6. The molecule has 4 bridgehead atoms. The Morgan fingerprint density at radius 3 is 2.51 bits per heavy atom. The average molecular weight is 1060 g/mol. The van der Waals surface area contributed by atoms with E-state index in [0.717, 1.165) is 78.5 Å². The first kappa shape index (κ1) is 55.9. The lowest BCUT2D eigenvalue weighted by Crippen LogP contribution is -2.47. The third kappa shape index (κ3) is 14.0. The quantitative estimate of drug-likeness (QED) is 0.0308. The van der Waals surface area contributed by atoms with Crippen LogP contribution >= 0.6 is 21.6 Å². The topological polar surface area (TPSA) is 220 Å². The van der Waals surface area contributed by atoms with Gasteiger partial charge in [0, 0.05) is 78.4 Å². The largest absolute Gasteiger partial charge is 0.504 e. The number of H-pyrrole nitrogens is 1. The van der Waals surface area contributed by atoms with Gasteiger partial charge in [0.2, 0.25) is 0 Å². The number of ether oxygens (including phenoxy) is 1. The number of likely N-dealkylation sites (N-methyl/N-ethyl adjacent to an activating group) is 1. The maximum absolute atomic E-state index is 11.6. The number of rotatable bonds is 19. The van der Waals surface area contributed by atoms with Crippen LogP contribution in [0.1, 0.15) is 168 Å². The van der Waals surface area contributed by atoms with Gasteiger partial charge < -0.3 is 62.0 Å². The van der Waals surface area contributed by atoms with Crippen LogP contribution in [0.5, 0.6) is 11.5 Å². The van der Waals surface area contributed by atoms with Crippen LogP contribution in [0.25, 0.3) is 0 Å². The Labute approximate surface area is 450 Å². The molecule has 412 valence electrons. The molecule has 4 saturated carbocycles. The number of furan rings is 1. The highest BCUT2D eigenvalue weighted by molar-refractivity contribution is 8.76. The van der Waals surface area contributed by atoms with Crippen molar-refractivity contribution in [1.29, 1.82) is 0 Å². The van der Waals surface area contributed by atoms with Crippen molar-refractivity contribution in [2.24, 2.45) is 63.8 Å². The molecule has 12 N–H and O–H groups in total. The summed E-state index contributed by atoms with van der Waals surface area (Å²) in [4.78, 5) is 8.75. The smallest absolute Gasteiger partial charge is 0.189 e. The number of aliphatic hydroxyl groups is 3. The molecular weight excluding hydrogens is 967 g/mol. The second-order valence-corrected chi connectivity index (χ2v) is 26.6. The van der Waals surface area contributed by atoms with Crippen LogP contribution in [-0.4, -0.2) is 99.9 Å². The summed E-state index contributed by atoms with van der Waals surface area (Å²) in [7, 11) is 5.98. The highest BCUT2D eigenvalue weighted by Gasteiger charge is 2.46. The van der Waals surface area contributed by atoms with E-state index in [9.17, 15) is 20.4 Å². The fourth-order valence-electron chi connectivity index (χ4n) is 15.0. The summed E-state index contributed by atoms with van der Waals surface area (Å²) in [6, 6.07) is 10.7. The third-order valence-electron chi connectivity index (χ3n) is 19.0. The van der Waals surface area contributed by atoms with Crippen molar-refractivity contribution in [1.82, 2.24) is 20.9 Å². The molecule has 1 aliphatic heterocycles. The molecule has 0 spiro atoms. The summed E-state index contributed by atoms with van der Waals surface area (Å²) in [5.41, 5.74) is 18.7. The van der Waals surface area contributed by atoms with Crippen molar-refractivity contribution < 1.29 is 29.6 Å². The number of hydrogen-bond acceptors (Lipinski definition) is 12. The number of aromatic hydroxyl groups is 1. The van der Waals surface area contributed by atoms with Crippen molar-refractivity contribution in [2.75, 3.05) is 38.2 Å². The van der Waals surface area contributed by atoms with Gasteiger partial charge in [0.25, 0.3) is 0 Å². The van der Waals surface area contributed by atoms with Gasteiger partial charge in [0.05, 0.1) is 18.8 Å². The lowest BCUT2D eigenvalue weighted by Gasteiger charge is -2.46. The van der Waals surface area contributed by atoms with Gasteiger partial charge >= 0.3 is 0 Å². The fraction of sp³-hybridized carbons (Fsp3) is 0.746. The number of aliphatic hydroxyl groups excluding tert-OH is 3. The average Bonchev–Trinajstić information content (AvgIpc) is 4.11. The normalized spacial score (nSPS) is 31.3. The zero-order valence-electron chi connectivity index (χ0n) is 45.0. The zero-order chi connectivity index (χ0) is 51.7. The molecule has 13 nitrogen and oxygen atoms in total. The molecule has 6 aliphatic rings. The number of hydrogen-bond donors (Lipinski definition) is 10. The molecule has 5 fully saturated rings. The lowest BCUT2D eigenvalue weighted by molar-refractivity contribution is 0.0716. The van der Waals surface area contributed by atoms with Crippen molar-refractivity contribution in [3.63, 3.8) is 0 Å². The molecule has 3 heterocycles. The third-order valence-corrected chi connectivity index (χ3v) is 21.4. The van der Waals surface area contributed by atoms with Crippen molar-refractivity contribution in [3.8, 4) is 11.5 Å². The van der Waals surface area contributed by atoms with Crippen LogP contribution in [0, 0.1) is 47.3 Å². The van der Waals surface area contributed by atoms with Gasteiger partial charge in [-0.05, 0) is 174 Å². The highest BCUT2D eigenvalue weighted by atomic mass is 33.1. The summed E-state index contributed by atoms with van der Waals surface area (Å²) >= 11 is 0. The lowest BCUT2D eigenvalue weighted by atomic mass is 9.62. The number of phenols is 1. The number of phenolic OH excluding ortho intramolecular Hbond substituents is 1. The molecule has 14 atom stereocenters. The Kier molecular flexibility index (Phi) is 20.1. The number of aryl methyl sites for hydroxylation is 4. The number of guanidine groups is 1. The Hall–Kier alpha value is -2.89. The van der Waals surface area contributed by atoms with Crippen molar-refractivity contribution in [2.45, 2.75) is 191 Å². The second kappa shape index (κ2) is 26.6. The number of nitrogens with one attached hydrogen (secondary N) is 4. The van der Waals surface area contributed by atoms with E-state index in [2.05, 4.69) is 33.9 Å². The van der Waals surface area contributed by atoms with E-state index in [1.54, 1.807) is 6.07 Å². The van der Waals surface area contributed by atoms with Crippen LogP contribution in [0.4, 0.5) is 0 Å². The Balaban J connectivity index is 0.788. The minimum Gasteiger partial charge on any atom is -0.504 e. The zero-order valence-corrected chi connectivity index (χ0v) is 46.6. The molecule has 9 rings (SSSR count). The molecule has 2 aromatic heterocycles. The van der Waals surface area contributed by atoms with Gasteiger partial charge in [-0.1, -0.05) is 73.1 Å². The number of aliphatic imine (C=N–C) groups is 1. The SMILES string of the molecule is CNC[C@H](NC[C@H](C)O)[C@@H]1c2cc([C@@H](O)COc3cc(CCc4cc(CO)c(CC[C@@H]5CC[C@H]6[C@H]7CSSC[C@@H](N=C(N)NC8CCCCC8)[C@@H](C)CC[C@H]6[C@H](C5)C[C@H]7N)o4)ccc3O)[nH]c2CC[C@H]2CCC[C@@H]21. The van der Waals surface area contributed by atoms with Gasteiger partial charge in [-0.3, -0.25) is 0 Å². The van der Waals surface area contributed by atoms with Gasteiger partial charge in [0.15, 0.2) is 17.5 Å². The predicted octanol–water partition coefficient (Wildman–Crippen LogP) is 9.05. The van der Waals surface area contributed by atoms with E-state index in [1.165, 1.54) is 94.7 Å². The van der Waals surface area contributed by atoms with Gasteiger partial charge in [-0.15, -0.1) is 0 Å². The second-order valence-electron chi connectivity index (χ2n) is 24.0. The predicted molar refractivity (Wildman–Crippen MR) is 302 cm³/mol. The van der Waals surface area contributed by atoms with Crippen molar-refractivity contribution >= 4 is 27.5 Å². The number of benzene rings is 1. The molecule has 0 amide bonds.